The summed E-state index contributed by atoms with van der Waals surface area (Å²) in [6.45, 7) is 3.46. The molecule has 8 nitrogen and oxygen atoms in total. The standard InChI is InChI=1S/C33H40ClN3O5S/c1-4-30(33(39)35-26-11-7-5-8-12-26)36(22-25-17-15-24(2)16-18-25)32(38)23-37(27-19-20-31(42-3)29(34)21-27)43(40,41)28-13-9-6-10-14-28/h6,9-10,13-21,26,30H,4-5,7-8,11-12,22-23H2,1-3H3,(H,35,39)/t30-/m0/s1. The summed E-state index contributed by atoms with van der Waals surface area (Å²) < 4.78 is 34.3. The van der Waals surface area contributed by atoms with Gasteiger partial charge in [-0.25, -0.2) is 8.42 Å². The molecule has 10 heteroatoms. The van der Waals surface area contributed by atoms with Gasteiger partial charge in [-0.3, -0.25) is 13.9 Å². The molecule has 2 amide bonds. The van der Waals surface area contributed by atoms with Crippen molar-refractivity contribution in [3.63, 3.8) is 0 Å². The molecular formula is C33H40ClN3O5S. The van der Waals surface area contributed by atoms with Crippen molar-refractivity contribution in [2.45, 2.75) is 75.9 Å². The van der Waals surface area contributed by atoms with Gasteiger partial charge in [-0.1, -0.05) is 85.8 Å². The number of ether oxygens (including phenoxy) is 1. The number of hydrogen-bond acceptors (Lipinski definition) is 5. The summed E-state index contributed by atoms with van der Waals surface area (Å²) in [4.78, 5) is 29.4. The number of anilines is 1. The van der Waals surface area contributed by atoms with Crippen LogP contribution >= 0.6 is 11.6 Å². The van der Waals surface area contributed by atoms with E-state index in [4.69, 9.17) is 16.3 Å². The van der Waals surface area contributed by atoms with Gasteiger partial charge in [0.25, 0.3) is 10.0 Å². The van der Waals surface area contributed by atoms with Crippen molar-refractivity contribution in [2.24, 2.45) is 0 Å². The van der Waals surface area contributed by atoms with Crippen molar-refractivity contribution in [1.29, 1.82) is 0 Å². The minimum Gasteiger partial charge on any atom is -0.495 e. The average molecular weight is 626 g/mol. The monoisotopic (exact) mass is 625 g/mol. The van der Waals surface area contributed by atoms with Gasteiger partial charge in [-0.05, 0) is 62.1 Å². The lowest BCUT2D eigenvalue weighted by molar-refractivity contribution is -0.140. The summed E-state index contributed by atoms with van der Waals surface area (Å²) >= 11 is 6.40. The van der Waals surface area contributed by atoms with Gasteiger partial charge in [0.1, 0.15) is 18.3 Å². The molecule has 1 aliphatic rings. The van der Waals surface area contributed by atoms with Gasteiger partial charge < -0.3 is 15.0 Å². The summed E-state index contributed by atoms with van der Waals surface area (Å²) in [5.74, 6) is -0.349. The van der Waals surface area contributed by atoms with Crippen LogP contribution in [0, 0.1) is 6.92 Å². The Morgan fingerprint density at radius 2 is 1.67 bits per heavy atom. The Labute approximate surface area is 260 Å². The van der Waals surface area contributed by atoms with E-state index in [1.807, 2.05) is 38.1 Å². The van der Waals surface area contributed by atoms with Crippen LogP contribution < -0.4 is 14.4 Å². The number of rotatable bonds is 12. The van der Waals surface area contributed by atoms with Crippen LogP contribution in [0.5, 0.6) is 5.75 Å². The largest absolute Gasteiger partial charge is 0.495 e. The molecule has 1 N–H and O–H groups in total. The van der Waals surface area contributed by atoms with Crippen LogP contribution in [0.15, 0.2) is 77.7 Å². The van der Waals surface area contributed by atoms with Gasteiger partial charge in [0.15, 0.2) is 0 Å². The van der Waals surface area contributed by atoms with Crippen LogP contribution in [0.1, 0.15) is 56.6 Å². The first-order valence-electron chi connectivity index (χ1n) is 14.7. The molecule has 1 atom stereocenters. The van der Waals surface area contributed by atoms with E-state index in [1.54, 1.807) is 30.3 Å². The highest BCUT2D eigenvalue weighted by molar-refractivity contribution is 7.92. The number of carbonyl (C=O) groups excluding carboxylic acids is 2. The van der Waals surface area contributed by atoms with E-state index in [-0.39, 0.29) is 34.1 Å². The smallest absolute Gasteiger partial charge is 0.264 e. The zero-order valence-electron chi connectivity index (χ0n) is 25.0. The van der Waals surface area contributed by atoms with Gasteiger partial charge in [-0.2, -0.15) is 0 Å². The topological polar surface area (TPSA) is 96.0 Å². The molecule has 0 radical (unpaired) electrons. The summed E-state index contributed by atoms with van der Waals surface area (Å²) in [6.07, 6.45) is 5.47. The summed E-state index contributed by atoms with van der Waals surface area (Å²) in [5.41, 5.74) is 2.12. The van der Waals surface area contributed by atoms with E-state index in [1.165, 1.54) is 30.2 Å². The minimum absolute atomic E-state index is 0.0295. The second-order valence-corrected chi connectivity index (χ2v) is 13.2. The average Bonchev–Trinajstić information content (AvgIpc) is 3.01. The van der Waals surface area contributed by atoms with Crippen LogP contribution in [0.25, 0.3) is 0 Å². The zero-order chi connectivity index (χ0) is 31.0. The quantitative estimate of drug-likeness (QED) is 0.262. The van der Waals surface area contributed by atoms with Crippen molar-refractivity contribution >= 4 is 39.1 Å². The molecule has 0 bridgehead atoms. The Morgan fingerprint density at radius 1 is 1.00 bits per heavy atom. The van der Waals surface area contributed by atoms with Crippen LogP contribution in [-0.4, -0.2) is 50.9 Å². The Morgan fingerprint density at radius 3 is 2.28 bits per heavy atom. The molecule has 230 valence electrons. The van der Waals surface area contributed by atoms with Gasteiger partial charge in [-0.15, -0.1) is 0 Å². The van der Waals surface area contributed by atoms with E-state index >= 15 is 0 Å². The van der Waals surface area contributed by atoms with Crippen LogP contribution in [0.4, 0.5) is 5.69 Å². The number of sulfonamides is 1. The lowest BCUT2D eigenvalue weighted by Gasteiger charge is -2.34. The van der Waals surface area contributed by atoms with Crippen molar-refractivity contribution in [3.8, 4) is 5.75 Å². The van der Waals surface area contributed by atoms with Crippen LogP contribution in [0.2, 0.25) is 5.02 Å². The fourth-order valence-corrected chi connectivity index (χ4v) is 7.09. The Kier molecular flexibility index (Phi) is 11.1. The summed E-state index contributed by atoms with van der Waals surface area (Å²) in [7, 11) is -2.72. The third kappa shape index (κ3) is 8.09. The number of benzene rings is 3. The molecule has 0 aliphatic heterocycles. The maximum atomic E-state index is 14.3. The van der Waals surface area contributed by atoms with E-state index in [2.05, 4.69) is 5.32 Å². The fraction of sp³-hybridized carbons (Fsp3) is 0.394. The van der Waals surface area contributed by atoms with Crippen LogP contribution in [0.3, 0.4) is 0 Å². The first kappa shape index (κ1) is 32.4. The highest BCUT2D eigenvalue weighted by Crippen LogP contribution is 2.32. The molecule has 1 saturated carbocycles. The SMILES string of the molecule is CC[C@@H](C(=O)NC1CCCCC1)N(Cc1ccc(C)cc1)C(=O)CN(c1ccc(OC)c(Cl)c1)S(=O)(=O)c1ccccc1. The number of halogens is 1. The molecule has 4 rings (SSSR count). The highest BCUT2D eigenvalue weighted by atomic mass is 35.5. The van der Waals surface area contributed by atoms with E-state index in [0.717, 1.165) is 47.5 Å². The molecule has 0 saturated heterocycles. The summed E-state index contributed by atoms with van der Waals surface area (Å²) in [6, 6.07) is 19.5. The number of methoxy groups -OCH3 is 1. The number of amides is 2. The zero-order valence-corrected chi connectivity index (χ0v) is 26.5. The third-order valence-corrected chi connectivity index (χ3v) is 9.93. The lowest BCUT2D eigenvalue weighted by atomic mass is 9.95. The van der Waals surface area contributed by atoms with E-state index in [0.29, 0.717) is 12.2 Å². The fourth-order valence-electron chi connectivity index (χ4n) is 5.41. The molecule has 1 fully saturated rings. The molecule has 43 heavy (non-hydrogen) atoms. The normalized spacial score (nSPS) is 14.5. The van der Waals surface area contributed by atoms with Crippen molar-refractivity contribution < 1.29 is 22.7 Å². The van der Waals surface area contributed by atoms with Gasteiger partial charge in [0, 0.05) is 12.6 Å². The first-order valence-corrected chi connectivity index (χ1v) is 16.5. The number of carbonyl (C=O) groups is 2. The van der Waals surface area contributed by atoms with Crippen molar-refractivity contribution in [1.82, 2.24) is 10.2 Å². The third-order valence-electron chi connectivity index (χ3n) is 7.84. The van der Waals surface area contributed by atoms with Gasteiger partial charge in [0.2, 0.25) is 11.8 Å². The minimum atomic E-state index is -4.19. The Bertz CT molecular complexity index is 1490. The molecule has 0 heterocycles. The first-order chi connectivity index (χ1) is 20.6. The molecule has 0 aromatic heterocycles. The number of hydrogen-bond donors (Lipinski definition) is 1. The Hall–Kier alpha value is -3.56. The molecule has 3 aromatic rings. The molecular weight excluding hydrogens is 586 g/mol. The molecule has 0 spiro atoms. The lowest BCUT2D eigenvalue weighted by Crippen LogP contribution is -2.54. The molecule has 1 aliphatic carbocycles. The number of nitrogens with zero attached hydrogens (tertiary/aromatic N) is 2. The predicted molar refractivity (Wildman–Crippen MR) is 170 cm³/mol. The predicted octanol–water partition coefficient (Wildman–Crippen LogP) is 6.11. The summed E-state index contributed by atoms with van der Waals surface area (Å²) in [5, 5.41) is 3.37. The van der Waals surface area contributed by atoms with Crippen LogP contribution in [-0.2, 0) is 26.2 Å². The second kappa shape index (κ2) is 14.8. The second-order valence-electron chi connectivity index (χ2n) is 10.9. The van der Waals surface area contributed by atoms with Gasteiger partial charge in [0.05, 0.1) is 22.7 Å². The van der Waals surface area contributed by atoms with Crippen molar-refractivity contribution in [3.05, 3.63) is 88.9 Å². The van der Waals surface area contributed by atoms with Crippen molar-refractivity contribution in [2.75, 3.05) is 18.0 Å². The number of nitrogens with one attached hydrogen (secondary N) is 1. The number of aryl methyl sites for hydroxylation is 1. The Balaban J connectivity index is 1.72. The highest BCUT2D eigenvalue weighted by Gasteiger charge is 2.34. The molecule has 3 aromatic carbocycles. The molecule has 0 unspecified atom stereocenters. The maximum absolute atomic E-state index is 14.3. The van der Waals surface area contributed by atoms with Gasteiger partial charge >= 0.3 is 0 Å². The van der Waals surface area contributed by atoms with E-state index < -0.39 is 28.5 Å². The maximum Gasteiger partial charge on any atom is 0.264 e. The van der Waals surface area contributed by atoms with E-state index in [9.17, 15) is 18.0 Å².